The van der Waals surface area contributed by atoms with Gasteiger partial charge in [0.1, 0.15) is 17.0 Å². The first kappa shape index (κ1) is 18.4. The second-order valence-electron chi connectivity index (χ2n) is 11.0. The van der Waals surface area contributed by atoms with E-state index in [1.165, 1.54) is 65.3 Å². The number of para-hydroxylation sites is 1. The van der Waals surface area contributed by atoms with Gasteiger partial charge < -0.3 is 8.98 Å². The number of fused-ring (bicyclic) bond motifs is 4. The van der Waals surface area contributed by atoms with Gasteiger partial charge in [-0.3, -0.25) is 0 Å². The highest BCUT2D eigenvalue weighted by Gasteiger charge is 2.49. The van der Waals surface area contributed by atoms with E-state index in [9.17, 15) is 0 Å². The molecule has 0 atom stereocenters. The fourth-order valence-corrected chi connectivity index (χ4v) is 7.95. The standard InChI is InChI=1S/C30H28N2O/c1-32-26-9-7-19(20-6-8-24-23-4-2-3-5-27(23)33-28(24)16-20)15-25(26)31-30(32)29-21-11-17-10-18(13-21)14-22(29)12-17/h2-9,15-18,21-22,29H,10-14H2,1H3/t17-,18?,21-,22+,29?. The molecule has 5 aromatic rings. The van der Waals surface area contributed by atoms with Gasteiger partial charge in [-0.1, -0.05) is 30.3 Å². The summed E-state index contributed by atoms with van der Waals surface area (Å²) in [5, 5.41) is 2.36. The lowest BCUT2D eigenvalue weighted by Gasteiger charge is -2.54. The summed E-state index contributed by atoms with van der Waals surface area (Å²) in [4.78, 5) is 5.28. The molecule has 4 aliphatic rings. The molecule has 3 aromatic carbocycles. The monoisotopic (exact) mass is 432 g/mol. The van der Waals surface area contributed by atoms with Gasteiger partial charge in [0.2, 0.25) is 0 Å². The third kappa shape index (κ3) is 2.59. The highest BCUT2D eigenvalue weighted by atomic mass is 16.3. The SMILES string of the molecule is Cn1c(C2[C@H]3CC4C[C@H](C3)C[C@H]2C4)nc2cc(-c3ccc4c(c3)oc3ccccc34)ccc21. The van der Waals surface area contributed by atoms with Crippen LogP contribution in [-0.4, -0.2) is 9.55 Å². The Labute approximate surface area is 193 Å². The fourth-order valence-electron chi connectivity index (χ4n) is 7.95. The summed E-state index contributed by atoms with van der Waals surface area (Å²) in [6.07, 6.45) is 7.24. The molecule has 33 heavy (non-hydrogen) atoms. The molecule has 9 rings (SSSR count). The average Bonchev–Trinajstić information content (AvgIpc) is 3.35. The van der Waals surface area contributed by atoms with Gasteiger partial charge in [-0.2, -0.15) is 0 Å². The number of imidazole rings is 1. The van der Waals surface area contributed by atoms with Crippen LogP contribution in [0.1, 0.15) is 43.8 Å². The molecule has 3 nitrogen and oxygen atoms in total. The number of hydrogen-bond donors (Lipinski definition) is 0. The highest BCUT2D eigenvalue weighted by Crippen LogP contribution is 2.59. The van der Waals surface area contributed by atoms with Crippen LogP contribution in [0.4, 0.5) is 0 Å². The second kappa shape index (κ2) is 6.50. The van der Waals surface area contributed by atoms with Crippen LogP contribution in [0.3, 0.4) is 0 Å². The Balaban J connectivity index is 1.21. The molecule has 4 fully saturated rings. The van der Waals surface area contributed by atoms with Gasteiger partial charge in [-0.05, 0) is 97.2 Å². The van der Waals surface area contributed by atoms with Crippen LogP contribution in [0.25, 0.3) is 44.1 Å². The van der Waals surface area contributed by atoms with Crippen LogP contribution in [0.5, 0.6) is 0 Å². The molecule has 0 radical (unpaired) electrons. The highest BCUT2D eigenvalue weighted by molar-refractivity contribution is 6.06. The maximum Gasteiger partial charge on any atom is 0.136 e. The van der Waals surface area contributed by atoms with E-state index >= 15 is 0 Å². The van der Waals surface area contributed by atoms with Gasteiger partial charge >= 0.3 is 0 Å². The Morgan fingerprint density at radius 3 is 2.27 bits per heavy atom. The second-order valence-corrected chi connectivity index (χ2v) is 11.0. The summed E-state index contributed by atoms with van der Waals surface area (Å²) in [6, 6.07) is 21.6. The maximum absolute atomic E-state index is 6.14. The van der Waals surface area contributed by atoms with Crippen molar-refractivity contribution in [1.29, 1.82) is 0 Å². The number of aryl methyl sites for hydroxylation is 1. The summed E-state index contributed by atoms with van der Waals surface area (Å²) >= 11 is 0. The van der Waals surface area contributed by atoms with Crippen molar-refractivity contribution < 1.29 is 4.42 Å². The van der Waals surface area contributed by atoms with Crippen molar-refractivity contribution in [2.75, 3.05) is 0 Å². The van der Waals surface area contributed by atoms with E-state index in [-0.39, 0.29) is 0 Å². The average molecular weight is 433 g/mol. The number of aromatic nitrogens is 2. The van der Waals surface area contributed by atoms with Crippen molar-refractivity contribution in [3.63, 3.8) is 0 Å². The van der Waals surface area contributed by atoms with Crippen LogP contribution in [0.15, 0.2) is 65.1 Å². The van der Waals surface area contributed by atoms with Gasteiger partial charge in [-0.15, -0.1) is 0 Å². The fraction of sp³-hybridized carbons (Fsp3) is 0.367. The Bertz CT molecular complexity index is 1530. The minimum atomic E-state index is 0.658. The zero-order valence-electron chi connectivity index (χ0n) is 19.0. The maximum atomic E-state index is 6.14. The van der Waals surface area contributed by atoms with Crippen molar-refractivity contribution in [2.45, 2.75) is 38.0 Å². The minimum Gasteiger partial charge on any atom is -0.456 e. The first-order valence-corrected chi connectivity index (χ1v) is 12.6. The largest absolute Gasteiger partial charge is 0.456 e. The molecule has 164 valence electrons. The Kier molecular flexibility index (Phi) is 3.62. The van der Waals surface area contributed by atoms with Crippen molar-refractivity contribution in [2.24, 2.45) is 30.7 Å². The summed E-state index contributed by atoms with van der Waals surface area (Å²) in [5.41, 5.74) is 6.68. The number of benzene rings is 3. The molecular weight excluding hydrogens is 404 g/mol. The van der Waals surface area contributed by atoms with Crippen LogP contribution < -0.4 is 0 Å². The molecule has 0 N–H and O–H groups in total. The van der Waals surface area contributed by atoms with E-state index in [0.717, 1.165) is 40.4 Å². The number of rotatable bonds is 2. The Morgan fingerprint density at radius 2 is 1.45 bits per heavy atom. The number of nitrogens with zero attached hydrogens (tertiary/aromatic N) is 2. The minimum absolute atomic E-state index is 0.658. The lowest BCUT2D eigenvalue weighted by atomic mass is 9.51. The van der Waals surface area contributed by atoms with Gasteiger partial charge in [-0.25, -0.2) is 4.98 Å². The van der Waals surface area contributed by atoms with Crippen LogP contribution >= 0.6 is 0 Å². The Morgan fingerprint density at radius 1 is 0.758 bits per heavy atom. The molecule has 0 amide bonds. The first-order chi connectivity index (χ1) is 16.2. The predicted molar refractivity (Wildman–Crippen MR) is 133 cm³/mol. The van der Waals surface area contributed by atoms with Gasteiger partial charge in [0.05, 0.1) is 11.0 Å². The first-order valence-electron chi connectivity index (χ1n) is 12.6. The van der Waals surface area contributed by atoms with Crippen LogP contribution in [0.2, 0.25) is 0 Å². The molecule has 2 aromatic heterocycles. The molecule has 0 saturated heterocycles. The van der Waals surface area contributed by atoms with E-state index in [4.69, 9.17) is 9.40 Å². The van der Waals surface area contributed by atoms with Crippen molar-refractivity contribution in [3.05, 3.63) is 66.5 Å². The third-order valence-electron chi connectivity index (χ3n) is 9.15. The third-order valence-corrected chi connectivity index (χ3v) is 9.15. The topological polar surface area (TPSA) is 31.0 Å². The normalized spacial score (nSPS) is 28.5. The van der Waals surface area contributed by atoms with Crippen LogP contribution in [-0.2, 0) is 7.05 Å². The lowest BCUT2D eigenvalue weighted by Crippen LogP contribution is -2.44. The van der Waals surface area contributed by atoms with Gasteiger partial charge in [0.15, 0.2) is 0 Å². The molecule has 2 heterocycles. The number of hydrogen-bond acceptors (Lipinski definition) is 2. The quantitative estimate of drug-likeness (QED) is 0.286. The van der Waals surface area contributed by atoms with Gasteiger partial charge in [0.25, 0.3) is 0 Å². The van der Waals surface area contributed by atoms with Crippen molar-refractivity contribution in [1.82, 2.24) is 9.55 Å². The molecule has 4 saturated carbocycles. The molecule has 4 aliphatic carbocycles. The summed E-state index contributed by atoms with van der Waals surface area (Å²) < 4.78 is 8.54. The molecule has 3 heteroatoms. The van der Waals surface area contributed by atoms with E-state index in [1.54, 1.807) is 0 Å². The Hall–Kier alpha value is -3.07. The molecular formula is C30H28N2O. The van der Waals surface area contributed by atoms with E-state index in [2.05, 4.69) is 60.1 Å². The summed E-state index contributed by atoms with van der Waals surface area (Å²) in [5.74, 6) is 5.70. The predicted octanol–water partition coefficient (Wildman–Crippen LogP) is 7.68. The molecule has 0 aliphatic heterocycles. The summed E-state index contributed by atoms with van der Waals surface area (Å²) in [7, 11) is 2.23. The van der Waals surface area contributed by atoms with Crippen LogP contribution in [0, 0.1) is 23.7 Å². The zero-order valence-corrected chi connectivity index (χ0v) is 19.0. The van der Waals surface area contributed by atoms with Crippen molar-refractivity contribution in [3.8, 4) is 11.1 Å². The zero-order chi connectivity index (χ0) is 21.7. The van der Waals surface area contributed by atoms with E-state index in [0.29, 0.717) is 5.92 Å². The summed E-state index contributed by atoms with van der Waals surface area (Å²) in [6.45, 7) is 0. The van der Waals surface area contributed by atoms with Crippen molar-refractivity contribution >= 4 is 33.0 Å². The number of furan rings is 1. The van der Waals surface area contributed by atoms with Gasteiger partial charge in [0, 0.05) is 23.7 Å². The lowest BCUT2D eigenvalue weighted by molar-refractivity contribution is -0.00633. The smallest absolute Gasteiger partial charge is 0.136 e. The van der Waals surface area contributed by atoms with E-state index in [1.807, 2.05) is 12.1 Å². The molecule has 4 bridgehead atoms. The molecule has 0 spiro atoms. The van der Waals surface area contributed by atoms with E-state index < -0.39 is 0 Å². The molecule has 0 unspecified atom stereocenters.